The number of Topliss-reactive ketones (excluding diaryl/α,β-unsaturated/α-hetero) is 1. The quantitative estimate of drug-likeness (QED) is 0.594. The van der Waals surface area contributed by atoms with Gasteiger partial charge in [-0.2, -0.15) is 0 Å². The Labute approximate surface area is 192 Å². The topological polar surface area (TPSA) is 105 Å². The molecule has 7 nitrogen and oxygen atoms in total. The van der Waals surface area contributed by atoms with Crippen LogP contribution < -0.4 is 14.2 Å². The van der Waals surface area contributed by atoms with Crippen LogP contribution in [0.15, 0.2) is 42.5 Å². The minimum atomic E-state index is -1.53. The zero-order valence-corrected chi connectivity index (χ0v) is 19.1. The van der Waals surface area contributed by atoms with Gasteiger partial charge in [0.05, 0.1) is 18.8 Å². The fourth-order valence-electron chi connectivity index (χ4n) is 4.05. The van der Waals surface area contributed by atoms with E-state index in [4.69, 9.17) is 14.2 Å². The summed E-state index contributed by atoms with van der Waals surface area (Å²) in [5, 5.41) is 32.4. The third-order valence-corrected chi connectivity index (χ3v) is 5.99. The number of carbonyl (C=O) groups is 1. The van der Waals surface area contributed by atoms with Crippen LogP contribution in [0.2, 0.25) is 0 Å². The van der Waals surface area contributed by atoms with Crippen molar-refractivity contribution in [2.45, 2.75) is 51.1 Å². The number of phenols is 1. The van der Waals surface area contributed by atoms with Crippen LogP contribution in [-0.2, 0) is 6.42 Å². The number of aliphatic hydroxyl groups is 2. The molecule has 0 unspecified atom stereocenters. The second-order valence-electron chi connectivity index (χ2n) is 9.00. The van der Waals surface area contributed by atoms with E-state index in [1.165, 1.54) is 0 Å². The Morgan fingerprint density at radius 3 is 2.52 bits per heavy atom. The molecule has 2 aliphatic rings. The van der Waals surface area contributed by atoms with Gasteiger partial charge >= 0.3 is 0 Å². The molecule has 0 aromatic heterocycles. The van der Waals surface area contributed by atoms with Crippen molar-refractivity contribution in [2.75, 3.05) is 7.11 Å². The van der Waals surface area contributed by atoms with Gasteiger partial charge in [0.25, 0.3) is 0 Å². The summed E-state index contributed by atoms with van der Waals surface area (Å²) in [4.78, 5) is 13.3. The molecule has 33 heavy (non-hydrogen) atoms. The molecule has 0 saturated carbocycles. The first-order valence-corrected chi connectivity index (χ1v) is 10.7. The van der Waals surface area contributed by atoms with E-state index in [9.17, 15) is 20.1 Å². The molecule has 2 aromatic rings. The van der Waals surface area contributed by atoms with Crippen molar-refractivity contribution < 1.29 is 34.3 Å². The number of aliphatic hydroxyl groups excluding tert-OH is 2. The molecular formula is C26H28O7. The lowest BCUT2D eigenvalue weighted by Gasteiger charge is -2.36. The van der Waals surface area contributed by atoms with Gasteiger partial charge in [0.2, 0.25) is 5.78 Å². The Hall–Kier alpha value is -3.29. The maximum absolute atomic E-state index is 13.3. The smallest absolute Gasteiger partial charge is 0.202 e. The maximum Gasteiger partial charge on any atom is 0.202 e. The molecule has 7 heteroatoms. The number of ether oxygens (including phenoxy) is 3. The standard InChI is InChI=1S/C26H28O7/c1-13(2)18(27)12-17-24-16(10-11-26(3,4)33-24)20(28)19-21(29)22(30)23(32-25(17)19)14-6-8-15(31-5)9-7-14/h6-11,18,22-23,27-28,30H,1,12H2,2-5H3/t18-,22+,23-/m1/s1. The van der Waals surface area contributed by atoms with Crippen molar-refractivity contribution in [1.29, 1.82) is 0 Å². The second kappa shape index (κ2) is 8.24. The van der Waals surface area contributed by atoms with Gasteiger partial charge in [-0.05, 0) is 50.6 Å². The monoisotopic (exact) mass is 452 g/mol. The van der Waals surface area contributed by atoms with Crippen molar-refractivity contribution in [1.82, 2.24) is 0 Å². The van der Waals surface area contributed by atoms with E-state index in [2.05, 4.69) is 6.58 Å². The summed E-state index contributed by atoms with van der Waals surface area (Å²) in [6.45, 7) is 9.23. The number of fused-ring (bicyclic) bond motifs is 2. The van der Waals surface area contributed by atoms with Crippen LogP contribution >= 0.6 is 0 Å². The van der Waals surface area contributed by atoms with E-state index < -0.39 is 29.7 Å². The predicted octanol–water partition coefficient (Wildman–Crippen LogP) is 3.74. The number of ketones is 1. The van der Waals surface area contributed by atoms with Gasteiger partial charge in [0.15, 0.2) is 12.2 Å². The molecule has 0 bridgehead atoms. The number of methoxy groups -OCH3 is 1. The van der Waals surface area contributed by atoms with Crippen LogP contribution in [0, 0.1) is 0 Å². The van der Waals surface area contributed by atoms with Gasteiger partial charge < -0.3 is 29.5 Å². The third kappa shape index (κ3) is 3.98. The minimum Gasteiger partial charge on any atom is -0.506 e. The lowest BCUT2D eigenvalue weighted by Crippen LogP contribution is -2.38. The molecule has 3 atom stereocenters. The van der Waals surface area contributed by atoms with Crippen LogP contribution in [-0.4, -0.2) is 46.0 Å². The molecule has 3 N–H and O–H groups in total. The highest BCUT2D eigenvalue weighted by molar-refractivity contribution is 6.07. The average molecular weight is 453 g/mol. The lowest BCUT2D eigenvalue weighted by molar-refractivity contribution is 0.0200. The van der Waals surface area contributed by atoms with Crippen LogP contribution in [0.5, 0.6) is 23.0 Å². The van der Waals surface area contributed by atoms with Crippen molar-refractivity contribution in [2.24, 2.45) is 0 Å². The Kier molecular flexibility index (Phi) is 5.72. The first-order chi connectivity index (χ1) is 15.5. The van der Waals surface area contributed by atoms with Crippen LogP contribution in [0.4, 0.5) is 0 Å². The Bertz CT molecular complexity index is 1140. The molecule has 2 aromatic carbocycles. The summed E-state index contributed by atoms with van der Waals surface area (Å²) < 4.78 is 17.5. The Morgan fingerprint density at radius 1 is 1.24 bits per heavy atom. The van der Waals surface area contributed by atoms with Gasteiger partial charge in [-0.15, -0.1) is 0 Å². The summed E-state index contributed by atoms with van der Waals surface area (Å²) in [5.74, 6) is 0.0554. The first-order valence-electron chi connectivity index (χ1n) is 10.7. The fraction of sp³-hybridized carbons (Fsp3) is 0.346. The molecule has 0 radical (unpaired) electrons. The van der Waals surface area contributed by atoms with Gasteiger partial charge in [0.1, 0.15) is 34.2 Å². The van der Waals surface area contributed by atoms with E-state index >= 15 is 0 Å². The summed E-state index contributed by atoms with van der Waals surface area (Å²) in [7, 11) is 1.54. The van der Waals surface area contributed by atoms with Crippen LogP contribution in [0.25, 0.3) is 6.08 Å². The highest BCUT2D eigenvalue weighted by Gasteiger charge is 2.43. The number of phenolic OH excluding ortho intramolecular Hbond substituents is 1. The van der Waals surface area contributed by atoms with Crippen molar-refractivity contribution >= 4 is 11.9 Å². The van der Waals surface area contributed by atoms with Gasteiger partial charge in [-0.3, -0.25) is 4.79 Å². The summed E-state index contributed by atoms with van der Waals surface area (Å²) in [5.41, 5.74) is 1.04. The number of carbonyl (C=O) groups excluding carboxylic acids is 1. The molecule has 4 rings (SSSR count). The van der Waals surface area contributed by atoms with Crippen LogP contribution in [0.3, 0.4) is 0 Å². The van der Waals surface area contributed by atoms with Crippen molar-refractivity contribution in [3.63, 3.8) is 0 Å². The minimum absolute atomic E-state index is 0.0584. The van der Waals surface area contributed by atoms with E-state index in [0.29, 0.717) is 33.8 Å². The summed E-state index contributed by atoms with van der Waals surface area (Å²) in [6, 6.07) is 6.82. The zero-order valence-electron chi connectivity index (χ0n) is 19.1. The third-order valence-electron chi connectivity index (χ3n) is 5.99. The first kappa shape index (κ1) is 22.9. The fourth-order valence-corrected chi connectivity index (χ4v) is 4.05. The second-order valence-corrected chi connectivity index (χ2v) is 9.00. The van der Waals surface area contributed by atoms with Crippen molar-refractivity contribution in [3.8, 4) is 23.0 Å². The molecule has 0 aliphatic carbocycles. The van der Waals surface area contributed by atoms with E-state index in [-0.39, 0.29) is 23.5 Å². The number of aromatic hydroxyl groups is 1. The molecule has 2 aliphatic heterocycles. The van der Waals surface area contributed by atoms with Gasteiger partial charge in [-0.25, -0.2) is 0 Å². The molecular weight excluding hydrogens is 424 g/mol. The van der Waals surface area contributed by atoms with E-state index in [0.717, 1.165) is 0 Å². The summed E-state index contributed by atoms with van der Waals surface area (Å²) in [6.07, 6.45) is 0.0410. The Morgan fingerprint density at radius 2 is 1.91 bits per heavy atom. The highest BCUT2D eigenvalue weighted by Crippen LogP contribution is 2.51. The van der Waals surface area contributed by atoms with Crippen LogP contribution in [0.1, 0.15) is 53.9 Å². The maximum atomic E-state index is 13.3. The van der Waals surface area contributed by atoms with E-state index in [1.54, 1.807) is 50.5 Å². The Balaban J connectivity index is 1.91. The normalized spacial score (nSPS) is 21.3. The zero-order chi connectivity index (χ0) is 24.1. The molecule has 0 spiro atoms. The van der Waals surface area contributed by atoms with Crippen molar-refractivity contribution in [3.05, 3.63) is 64.7 Å². The van der Waals surface area contributed by atoms with Gasteiger partial charge in [-0.1, -0.05) is 24.3 Å². The van der Waals surface area contributed by atoms with Gasteiger partial charge in [0, 0.05) is 12.0 Å². The molecule has 174 valence electrons. The summed E-state index contributed by atoms with van der Waals surface area (Å²) >= 11 is 0. The average Bonchev–Trinajstić information content (AvgIpc) is 2.77. The number of rotatable bonds is 5. The molecule has 2 heterocycles. The number of hydrogen-bond acceptors (Lipinski definition) is 7. The number of benzene rings is 2. The molecule has 0 saturated heterocycles. The lowest BCUT2D eigenvalue weighted by atomic mass is 9.86. The predicted molar refractivity (Wildman–Crippen MR) is 123 cm³/mol. The molecule has 0 amide bonds. The molecule has 0 fully saturated rings. The van der Waals surface area contributed by atoms with E-state index in [1.807, 2.05) is 13.8 Å². The largest absolute Gasteiger partial charge is 0.506 e. The SMILES string of the molecule is C=C(C)[C@H](O)Cc1c2c(c(O)c3c1O[C@H](c1ccc(OC)cc1)[C@@H](O)C3=O)C=CC(C)(C)O2. The highest BCUT2D eigenvalue weighted by atomic mass is 16.5. The number of hydrogen-bond donors (Lipinski definition) is 3.